The summed E-state index contributed by atoms with van der Waals surface area (Å²) in [6.07, 6.45) is 1.78. The van der Waals surface area contributed by atoms with E-state index >= 15 is 0 Å². The number of nitrogens with one attached hydrogen (secondary N) is 1. The van der Waals surface area contributed by atoms with Gasteiger partial charge in [-0.25, -0.2) is 9.97 Å². The summed E-state index contributed by atoms with van der Waals surface area (Å²) in [5.74, 6) is 1.45. The summed E-state index contributed by atoms with van der Waals surface area (Å²) in [6, 6.07) is 3.87. The number of rotatable bonds is 6. The molecule has 0 aliphatic carbocycles. The van der Waals surface area contributed by atoms with Gasteiger partial charge in [-0.3, -0.25) is 4.68 Å². The molecule has 6 heteroatoms. The van der Waals surface area contributed by atoms with E-state index in [-0.39, 0.29) is 0 Å². The first-order valence-corrected chi connectivity index (χ1v) is 6.44. The van der Waals surface area contributed by atoms with Gasteiger partial charge in [-0.05, 0) is 19.9 Å². The minimum absolute atomic E-state index is 0.416. The van der Waals surface area contributed by atoms with Crippen molar-refractivity contribution < 1.29 is 4.74 Å². The Balaban J connectivity index is 2.38. The van der Waals surface area contributed by atoms with Crippen LogP contribution in [-0.4, -0.2) is 33.4 Å². The highest BCUT2D eigenvalue weighted by atomic mass is 16.5. The average molecular weight is 261 g/mol. The molecule has 1 N–H and O–H groups in total. The topological polar surface area (TPSA) is 64.9 Å². The third-order valence-electron chi connectivity index (χ3n) is 2.74. The quantitative estimate of drug-likeness (QED) is 0.860. The van der Waals surface area contributed by atoms with E-state index < -0.39 is 0 Å². The predicted molar refractivity (Wildman–Crippen MR) is 73.8 cm³/mol. The Morgan fingerprint density at radius 3 is 2.84 bits per heavy atom. The highest BCUT2D eigenvalue weighted by Gasteiger charge is 2.10. The molecular formula is C13H19N5O. The van der Waals surface area contributed by atoms with E-state index in [0.29, 0.717) is 19.0 Å². The molecule has 2 rings (SSSR count). The third kappa shape index (κ3) is 3.08. The smallest absolute Gasteiger partial charge is 0.157 e. The normalized spacial score (nSPS) is 10.7. The molecule has 2 aromatic heterocycles. The molecule has 102 valence electrons. The Hall–Kier alpha value is -1.95. The van der Waals surface area contributed by atoms with Crippen LogP contribution in [0.5, 0.6) is 0 Å². The Labute approximate surface area is 112 Å². The maximum absolute atomic E-state index is 5.37. The third-order valence-corrected chi connectivity index (χ3v) is 2.74. The Bertz CT molecular complexity index is 538. The number of ether oxygens (including phenoxy) is 1. The second-order valence-electron chi connectivity index (χ2n) is 3.97. The van der Waals surface area contributed by atoms with Crippen LogP contribution in [0.25, 0.3) is 11.4 Å². The van der Waals surface area contributed by atoms with Crippen LogP contribution in [-0.2, 0) is 17.9 Å². The van der Waals surface area contributed by atoms with Crippen molar-refractivity contribution in [1.82, 2.24) is 19.7 Å². The van der Waals surface area contributed by atoms with Crippen molar-refractivity contribution in [2.75, 3.05) is 19.0 Å². The first-order chi connectivity index (χ1) is 9.28. The second kappa shape index (κ2) is 6.29. The highest BCUT2D eigenvalue weighted by Crippen LogP contribution is 2.19. The van der Waals surface area contributed by atoms with Crippen LogP contribution >= 0.6 is 0 Å². The van der Waals surface area contributed by atoms with Crippen molar-refractivity contribution in [3.63, 3.8) is 0 Å². The minimum Gasteiger partial charge on any atom is -0.374 e. The fourth-order valence-corrected chi connectivity index (χ4v) is 1.82. The van der Waals surface area contributed by atoms with Crippen molar-refractivity contribution in [2.24, 2.45) is 0 Å². The monoisotopic (exact) mass is 261 g/mol. The SMILES string of the molecule is CCOCc1nc(NC)cc(-c2ccnn2CC)n1. The van der Waals surface area contributed by atoms with Gasteiger partial charge < -0.3 is 10.1 Å². The molecule has 0 radical (unpaired) electrons. The zero-order valence-electron chi connectivity index (χ0n) is 11.6. The number of aromatic nitrogens is 4. The van der Waals surface area contributed by atoms with E-state index in [1.54, 1.807) is 6.20 Å². The molecule has 0 saturated carbocycles. The van der Waals surface area contributed by atoms with Gasteiger partial charge in [-0.1, -0.05) is 0 Å². The van der Waals surface area contributed by atoms with Crippen LogP contribution in [0.4, 0.5) is 5.82 Å². The molecule has 0 spiro atoms. The molecule has 2 heterocycles. The number of nitrogens with zero attached hydrogens (tertiary/aromatic N) is 4. The van der Waals surface area contributed by atoms with Crippen molar-refractivity contribution in [3.05, 3.63) is 24.2 Å². The fourth-order valence-electron chi connectivity index (χ4n) is 1.82. The van der Waals surface area contributed by atoms with Crippen molar-refractivity contribution >= 4 is 5.82 Å². The molecule has 6 nitrogen and oxygen atoms in total. The van der Waals surface area contributed by atoms with Gasteiger partial charge in [0.2, 0.25) is 0 Å². The lowest BCUT2D eigenvalue weighted by atomic mass is 10.3. The first kappa shape index (κ1) is 13.5. The lowest BCUT2D eigenvalue weighted by Crippen LogP contribution is -2.06. The summed E-state index contributed by atoms with van der Waals surface area (Å²) < 4.78 is 7.28. The number of hydrogen-bond donors (Lipinski definition) is 1. The average Bonchev–Trinajstić information content (AvgIpc) is 2.93. The summed E-state index contributed by atoms with van der Waals surface area (Å²) in [4.78, 5) is 8.91. The standard InChI is InChI=1S/C13H19N5O/c1-4-18-11(6-7-15-18)10-8-12(14-3)17-13(16-10)9-19-5-2/h6-8H,4-5,9H2,1-3H3,(H,14,16,17). The Kier molecular flexibility index (Phi) is 4.46. The summed E-state index contributed by atoms with van der Waals surface area (Å²) in [5.41, 5.74) is 1.84. The zero-order chi connectivity index (χ0) is 13.7. The van der Waals surface area contributed by atoms with E-state index in [0.717, 1.165) is 23.8 Å². The number of hydrogen-bond acceptors (Lipinski definition) is 5. The summed E-state index contributed by atoms with van der Waals surface area (Å²) in [7, 11) is 1.84. The molecule has 0 aromatic carbocycles. The van der Waals surface area contributed by atoms with Crippen LogP contribution in [0.2, 0.25) is 0 Å². The van der Waals surface area contributed by atoms with Gasteiger partial charge >= 0.3 is 0 Å². The van der Waals surface area contributed by atoms with Crippen LogP contribution in [0.3, 0.4) is 0 Å². The van der Waals surface area contributed by atoms with E-state index in [9.17, 15) is 0 Å². The van der Waals surface area contributed by atoms with Crippen LogP contribution in [0, 0.1) is 0 Å². The zero-order valence-corrected chi connectivity index (χ0v) is 11.6. The van der Waals surface area contributed by atoms with Gasteiger partial charge in [0, 0.05) is 32.5 Å². The molecule has 0 amide bonds. The molecule has 0 saturated heterocycles. The fraction of sp³-hybridized carbons (Fsp3) is 0.462. The Morgan fingerprint density at radius 2 is 2.16 bits per heavy atom. The van der Waals surface area contributed by atoms with Crippen LogP contribution < -0.4 is 5.32 Å². The molecular weight excluding hydrogens is 242 g/mol. The molecule has 0 atom stereocenters. The van der Waals surface area contributed by atoms with Gasteiger partial charge in [0.25, 0.3) is 0 Å². The van der Waals surface area contributed by atoms with Crippen molar-refractivity contribution in [2.45, 2.75) is 27.0 Å². The van der Waals surface area contributed by atoms with Gasteiger partial charge in [0.1, 0.15) is 12.4 Å². The summed E-state index contributed by atoms with van der Waals surface area (Å²) in [6.45, 7) is 5.88. The lowest BCUT2D eigenvalue weighted by molar-refractivity contribution is 0.128. The largest absolute Gasteiger partial charge is 0.374 e. The summed E-state index contributed by atoms with van der Waals surface area (Å²) in [5, 5.41) is 7.31. The first-order valence-electron chi connectivity index (χ1n) is 6.44. The molecule has 0 fully saturated rings. The van der Waals surface area contributed by atoms with E-state index in [1.807, 2.05) is 30.8 Å². The highest BCUT2D eigenvalue weighted by molar-refractivity contribution is 5.58. The molecule has 0 unspecified atom stereocenters. The maximum atomic E-state index is 5.37. The molecule has 0 aliphatic heterocycles. The van der Waals surface area contributed by atoms with E-state index in [4.69, 9.17) is 4.74 Å². The molecule has 0 aliphatic rings. The number of anilines is 1. The lowest BCUT2D eigenvalue weighted by Gasteiger charge is -2.09. The van der Waals surface area contributed by atoms with E-state index in [2.05, 4.69) is 27.3 Å². The number of aryl methyl sites for hydroxylation is 1. The Morgan fingerprint density at radius 1 is 1.32 bits per heavy atom. The minimum atomic E-state index is 0.416. The second-order valence-corrected chi connectivity index (χ2v) is 3.97. The van der Waals surface area contributed by atoms with Gasteiger partial charge in [0.15, 0.2) is 5.82 Å². The van der Waals surface area contributed by atoms with Crippen molar-refractivity contribution in [1.29, 1.82) is 0 Å². The maximum Gasteiger partial charge on any atom is 0.157 e. The van der Waals surface area contributed by atoms with Crippen LogP contribution in [0.1, 0.15) is 19.7 Å². The molecule has 0 bridgehead atoms. The summed E-state index contributed by atoms with van der Waals surface area (Å²) >= 11 is 0. The van der Waals surface area contributed by atoms with Gasteiger partial charge in [-0.15, -0.1) is 0 Å². The molecule has 2 aromatic rings. The van der Waals surface area contributed by atoms with Crippen molar-refractivity contribution in [3.8, 4) is 11.4 Å². The van der Waals surface area contributed by atoms with Crippen LogP contribution in [0.15, 0.2) is 18.3 Å². The van der Waals surface area contributed by atoms with Gasteiger partial charge in [0.05, 0.1) is 11.4 Å². The predicted octanol–water partition coefficient (Wildman–Crippen LogP) is 1.94. The van der Waals surface area contributed by atoms with E-state index in [1.165, 1.54) is 0 Å². The molecule has 19 heavy (non-hydrogen) atoms. The van der Waals surface area contributed by atoms with Gasteiger partial charge in [-0.2, -0.15) is 5.10 Å².